The van der Waals surface area contributed by atoms with Gasteiger partial charge in [0, 0.05) is 12.8 Å². The molecule has 0 saturated heterocycles. The maximum Gasteiger partial charge on any atom is 0.297 e. The molecule has 0 radical (unpaired) electrons. The van der Waals surface area contributed by atoms with Crippen LogP contribution in [0, 0.1) is 41.4 Å². The van der Waals surface area contributed by atoms with Crippen LogP contribution in [0.5, 0.6) is 0 Å². The Morgan fingerprint density at radius 3 is 2.45 bits per heavy atom. The molecule has 0 unspecified atom stereocenters. The zero-order valence-corrected chi connectivity index (χ0v) is 19.9. The van der Waals surface area contributed by atoms with Crippen molar-refractivity contribution in [1.29, 1.82) is 0 Å². The van der Waals surface area contributed by atoms with E-state index in [4.69, 9.17) is 4.18 Å². The standard InChI is InChI=1S/C26H36O4S/c1-17-4-7-21(8-5-17)31(28,29)30-20-10-13-26(3)18(14-20)6-9-22-23(26)11-12-25(2)16-19(27)15-24(22)25/h4-5,7-8,18,20,22-24H,6,9-16H2,1-3H3/t18-,20+,22-,23+,24-,25+,26+/m1/s1. The van der Waals surface area contributed by atoms with Gasteiger partial charge in [-0.1, -0.05) is 31.5 Å². The summed E-state index contributed by atoms with van der Waals surface area (Å²) in [5.41, 5.74) is 1.52. The summed E-state index contributed by atoms with van der Waals surface area (Å²) in [6.45, 7) is 6.76. The molecule has 170 valence electrons. The van der Waals surface area contributed by atoms with E-state index in [0.29, 0.717) is 29.5 Å². The van der Waals surface area contributed by atoms with Gasteiger partial charge in [-0.25, -0.2) is 0 Å². The fourth-order valence-corrected chi connectivity index (χ4v) is 9.14. The molecule has 5 heteroatoms. The molecule has 4 aliphatic rings. The number of fused-ring (bicyclic) bond motifs is 5. The summed E-state index contributed by atoms with van der Waals surface area (Å²) in [6, 6.07) is 6.93. The van der Waals surface area contributed by atoms with Crippen LogP contribution in [0.3, 0.4) is 0 Å². The van der Waals surface area contributed by atoms with Crippen LogP contribution in [-0.2, 0) is 19.1 Å². The molecule has 0 spiro atoms. The molecule has 1 aromatic rings. The van der Waals surface area contributed by atoms with E-state index in [-0.39, 0.29) is 21.8 Å². The molecule has 7 atom stereocenters. The molecule has 0 amide bonds. The number of benzene rings is 1. The summed E-state index contributed by atoms with van der Waals surface area (Å²) in [6.07, 6.45) is 8.77. The largest absolute Gasteiger partial charge is 0.300 e. The van der Waals surface area contributed by atoms with E-state index < -0.39 is 10.1 Å². The first-order valence-corrected chi connectivity index (χ1v) is 13.5. The maximum atomic E-state index is 12.8. The molecule has 4 nitrogen and oxygen atoms in total. The average molecular weight is 445 g/mol. The molecule has 0 heterocycles. The second-order valence-electron chi connectivity index (χ2n) is 11.5. The normalized spacial score (nSPS) is 42.5. The van der Waals surface area contributed by atoms with E-state index in [2.05, 4.69) is 13.8 Å². The quantitative estimate of drug-likeness (QED) is 0.563. The van der Waals surface area contributed by atoms with Gasteiger partial charge in [0.1, 0.15) is 5.78 Å². The number of ketones is 1. The van der Waals surface area contributed by atoms with Crippen LogP contribution in [0.4, 0.5) is 0 Å². The van der Waals surface area contributed by atoms with E-state index in [0.717, 1.165) is 44.1 Å². The smallest absolute Gasteiger partial charge is 0.297 e. The van der Waals surface area contributed by atoms with Gasteiger partial charge in [-0.3, -0.25) is 8.98 Å². The third kappa shape index (κ3) is 3.60. The van der Waals surface area contributed by atoms with Gasteiger partial charge >= 0.3 is 0 Å². The van der Waals surface area contributed by atoms with Gasteiger partial charge < -0.3 is 0 Å². The molecule has 1 aromatic carbocycles. The SMILES string of the molecule is Cc1ccc(S(=O)(=O)O[C@H]2CC[C@@]3(C)[C@H](CC[C@H]4[C@H]5CC(=O)C[C@]5(C)CC[C@@H]43)C2)cc1. The second kappa shape index (κ2) is 7.41. The minimum Gasteiger partial charge on any atom is -0.300 e. The molecular formula is C26H36O4S. The van der Waals surface area contributed by atoms with Crippen LogP contribution in [0.15, 0.2) is 29.2 Å². The highest BCUT2D eigenvalue weighted by Crippen LogP contribution is 2.65. The Balaban J connectivity index is 1.30. The molecule has 31 heavy (non-hydrogen) atoms. The highest BCUT2D eigenvalue weighted by atomic mass is 32.2. The third-order valence-electron chi connectivity index (χ3n) is 9.76. The van der Waals surface area contributed by atoms with Crippen LogP contribution in [-0.4, -0.2) is 20.3 Å². The summed E-state index contributed by atoms with van der Waals surface area (Å²) >= 11 is 0. The molecule has 0 aliphatic heterocycles. The summed E-state index contributed by atoms with van der Waals surface area (Å²) in [5, 5.41) is 0. The van der Waals surface area contributed by atoms with Crippen LogP contribution >= 0.6 is 0 Å². The lowest BCUT2D eigenvalue weighted by Gasteiger charge is -2.60. The molecule has 4 saturated carbocycles. The minimum atomic E-state index is -3.72. The first-order chi connectivity index (χ1) is 14.6. The van der Waals surface area contributed by atoms with E-state index in [1.54, 1.807) is 12.1 Å². The Kier molecular flexibility index (Phi) is 5.17. The van der Waals surface area contributed by atoms with Crippen molar-refractivity contribution in [2.45, 2.75) is 89.6 Å². The minimum absolute atomic E-state index is 0.220. The van der Waals surface area contributed by atoms with Gasteiger partial charge in [0.2, 0.25) is 0 Å². The fourth-order valence-electron chi connectivity index (χ4n) is 8.03. The Bertz CT molecular complexity index is 968. The van der Waals surface area contributed by atoms with Crippen molar-refractivity contribution in [1.82, 2.24) is 0 Å². The van der Waals surface area contributed by atoms with Gasteiger partial charge in [-0.15, -0.1) is 0 Å². The van der Waals surface area contributed by atoms with Crippen molar-refractivity contribution in [2.75, 3.05) is 0 Å². The lowest BCUT2D eigenvalue weighted by atomic mass is 9.45. The van der Waals surface area contributed by atoms with Crippen molar-refractivity contribution in [3.8, 4) is 0 Å². The predicted molar refractivity (Wildman–Crippen MR) is 120 cm³/mol. The summed E-state index contributed by atoms with van der Waals surface area (Å²) in [7, 11) is -3.72. The Hall–Kier alpha value is -1.20. The van der Waals surface area contributed by atoms with Crippen molar-refractivity contribution in [3.05, 3.63) is 29.8 Å². The number of hydrogen-bond acceptors (Lipinski definition) is 4. The number of hydrogen-bond donors (Lipinski definition) is 0. The molecule has 5 rings (SSSR count). The first kappa shape index (κ1) is 21.6. The monoisotopic (exact) mass is 444 g/mol. The first-order valence-electron chi connectivity index (χ1n) is 12.1. The number of carbonyl (C=O) groups is 1. The Morgan fingerprint density at radius 1 is 0.968 bits per heavy atom. The van der Waals surface area contributed by atoms with Crippen molar-refractivity contribution < 1.29 is 17.4 Å². The van der Waals surface area contributed by atoms with Gasteiger partial charge in [0.15, 0.2) is 0 Å². The number of rotatable bonds is 3. The number of Topliss-reactive ketones (excluding diaryl/α,β-unsaturated/α-hetero) is 1. The maximum absolute atomic E-state index is 12.8. The molecule has 0 aromatic heterocycles. The van der Waals surface area contributed by atoms with Crippen molar-refractivity contribution in [2.24, 2.45) is 34.5 Å². The molecule has 0 N–H and O–H groups in total. The summed E-state index contributed by atoms with van der Waals surface area (Å²) < 4.78 is 31.4. The van der Waals surface area contributed by atoms with E-state index in [9.17, 15) is 13.2 Å². The number of carbonyl (C=O) groups excluding carboxylic acids is 1. The second-order valence-corrected chi connectivity index (χ2v) is 13.1. The Morgan fingerprint density at radius 2 is 1.71 bits per heavy atom. The van der Waals surface area contributed by atoms with Gasteiger partial charge in [0.25, 0.3) is 10.1 Å². The lowest BCUT2D eigenvalue weighted by molar-refractivity contribution is -0.119. The van der Waals surface area contributed by atoms with Gasteiger partial charge in [-0.05, 0) is 98.5 Å². The van der Waals surface area contributed by atoms with Crippen LogP contribution in [0.2, 0.25) is 0 Å². The lowest BCUT2D eigenvalue weighted by Crippen LogP contribution is -2.53. The average Bonchev–Trinajstić information content (AvgIpc) is 3.02. The molecule has 0 bridgehead atoms. The Labute approximate surface area is 187 Å². The third-order valence-corrected chi connectivity index (χ3v) is 11.1. The van der Waals surface area contributed by atoms with Gasteiger partial charge in [0.05, 0.1) is 11.0 Å². The predicted octanol–water partition coefficient (Wildman–Crippen LogP) is 5.68. The zero-order chi connectivity index (χ0) is 22.0. The topological polar surface area (TPSA) is 60.4 Å². The molecule has 4 aliphatic carbocycles. The highest BCUT2D eigenvalue weighted by Gasteiger charge is 2.59. The van der Waals surface area contributed by atoms with Crippen LogP contribution in [0.25, 0.3) is 0 Å². The van der Waals surface area contributed by atoms with E-state index >= 15 is 0 Å². The molecule has 4 fully saturated rings. The van der Waals surface area contributed by atoms with Crippen molar-refractivity contribution in [3.63, 3.8) is 0 Å². The van der Waals surface area contributed by atoms with E-state index in [1.165, 1.54) is 19.3 Å². The van der Waals surface area contributed by atoms with Gasteiger partial charge in [-0.2, -0.15) is 8.42 Å². The van der Waals surface area contributed by atoms with Crippen LogP contribution < -0.4 is 0 Å². The zero-order valence-electron chi connectivity index (χ0n) is 19.1. The molecular weight excluding hydrogens is 408 g/mol. The summed E-state index contributed by atoms with van der Waals surface area (Å²) in [4.78, 5) is 12.5. The summed E-state index contributed by atoms with van der Waals surface area (Å²) in [5.74, 6) is 2.89. The van der Waals surface area contributed by atoms with Crippen molar-refractivity contribution >= 4 is 15.9 Å². The highest BCUT2D eigenvalue weighted by molar-refractivity contribution is 7.86. The van der Waals surface area contributed by atoms with E-state index in [1.807, 2.05) is 19.1 Å². The fraction of sp³-hybridized carbons (Fsp3) is 0.731. The van der Waals surface area contributed by atoms with Crippen LogP contribution in [0.1, 0.15) is 77.2 Å². The number of aryl methyl sites for hydroxylation is 1.